The molecule has 3 aliphatic rings. The van der Waals surface area contributed by atoms with Crippen molar-refractivity contribution in [3.63, 3.8) is 0 Å². The molecule has 20 nitrogen and oxygen atoms in total. The van der Waals surface area contributed by atoms with E-state index in [1.165, 1.54) is 61.2 Å². The van der Waals surface area contributed by atoms with Crippen LogP contribution in [-0.4, -0.2) is 82.8 Å². The van der Waals surface area contributed by atoms with Crippen LogP contribution >= 0.6 is 34.8 Å². The minimum atomic E-state index is -0.841. The number of non-ortho nitro benzene ring substituents is 1. The Morgan fingerprint density at radius 3 is 1.34 bits per heavy atom. The fourth-order valence-electron chi connectivity index (χ4n) is 18.0. The lowest BCUT2D eigenvalue weighted by Crippen LogP contribution is -2.13. The molecule has 0 unspecified atom stereocenters. The van der Waals surface area contributed by atoms with Gasteiger partial charge in [0, 0.05) is 181 Å². The number of benzene rings is 8. The highest BCUT2D eigenvalue weighted by Gasteiger charge is 2.35. The first-order valence-electron chi connectivity index (χ1n) is 43.1. The van der Waals surface area contributed by atoms with E-state index in [9.17, 15) is 61.6 Å². The number of rotatable bonds is 20. The molecule has 0 amide bonds. The van der Waals surface area contributed by atoms with Crippen LogP contribution in [0.5, 0.6) is 0 Å². The average Bonchev–Trinajstić information content (AvgIpc) is 1.59. The summed E-state index contributed by atoms with van der Waals surface area (Å²) in [6.07, 6.45) is 16.8. The Labute approximate surface area is 776 Å². The van der Waals surface area contributed by atoms with Crippen molar-refractivity contribution >= 4 is 163 Å². The van der Waals surface area contributed by atoms with E-state index in [1.807, 2.05) is 115 Å². The highest BCUT2D eigenvalue weighted by atomic mass is 35.5. The molecule has 8 aromatic carbocycles. The van der Waals surface area contributed by atoms with Crippen LogP contribution in [0, 0.1) is 39.2 Å². The monoisotopic (exact) mass is 1850 g/mol. The van der Waals surface area contributed by atoms with Gasteiger partial charge >= 0.3 is 0 Å². The number of aromatic amines is 2. The average molecular weight is 1860 g/mol. The highest BCUT2D eigenvalue weighted by molar-refractivity contribution is 6.32. The number of fused-ring (bicyclic) bond motifs is 7. The van der Waals surface area contributed by atoms with E-state index < -0.39 is 39.5 Å². The molecule has 17 aromatic rings. The standard InChI is InChI=1S/C28H22ClFN2O2.C27H22ClN3O2.C26H17ClF2N2O2.C25H19F2N3O4/c1-3-17-13-21-24(14-22(17)30)32(15-19-12-18-8-4-6-10-23(18)31-28(19)29)27(16(2)33)26(21)20-9-5-7-11-25(20)34;1-3-17-10-11-23-21(13-17)24(20-8-6-12-29-27(20)33)25(16(2)32)31(23)15-19-14-18-7-4-5-9-22(18)30-26(19)28;1-14(32)25-23(18-7-3-5-9-22(18)33)24-19(29)11-17(28)12-21(24)31(25)13-16-10-15-6-2-4-8-20(15)30-26(16)27;1-13(31)24-23(17-3-2-8-28-25(17)32)19-10-18(14-4-5-14)21(27)11-22(19)29(24)12-15-9-16(30(33)34)6-7-20(15)26/h4-10,12-14H,3,11,15H2,1-2H3;4-14H,3,15H2,1-2H3,(H,29,33);2-8,10-12H,9,13H2,1H3;2-3,6-11,14H,4-5,12H2,1H3,(H,28,32). The molecule has 2 N–H and O–H groups in total. The van der Waals surface area contributed by atoms with Crippen LogP contribution in [0.15, 0.2) is 246 Å². The van der Waals surface area contributed by atoms with Gasteiger partial charge in [0.1, 0.15) is 44.5 Å². The zero-order valence-corrected chi connectivity index (χ0v) is 75.1. The number of nitrogens with zero attached hydrogens (tertiary/aromatic N) is 8. The maximum atomic E-state index is 15.1. The highest BCUT2D eigenvalue weighted by Crippen LogP contribution is 2.47. The molecule has 1 saturated carbocycles. The van der Waals surface area contributed by atoms with Gasteiger partial charge in [-0.05, 0) is 157 Å². The smallest absolute Gasteiger partial charge is 0.269 e. The lowest BCUT2D eigenvalue weighted by Gasteiger charge is -2.13. The number of carbonyl (C=O) groups excluding carboxylic acids is 6. The van der Waals surface area contributed by atoms with Gasteiger partial charge in [-0.1, -0.05) is 146 Å². The molecule has 0 bridgehead atoms. The maximum absolute atomic E-state index is 15.1. The van der Waals surface area contributed by atoms with Crippen molar-refractivity contribution in [1.82, 2.24) is 43.2 Å². The number of pyridine rings is 5. The number of hydrogen-bond donors (Lipinski definition) is 2. The van der Waals surface area contributed by atoms with Crippen molar-refractivity contribution < 1.29 is 55.6 Å². The summed E-state index contributed by atoms with van der Waals surface area (Å²) in [7, 11) is 0. The number of nitro groups is 1. The van der Waals surface area contributed by atoms with E-state index in [-0.39, 0.29) is 134 Å². The van der Waals surface area contributed by atoms with E-state index >= 15 is 8.78 Å². The van der Waals surface area contributed by atoms with Crippen LogP contribution in [-0.2, 0) is 48.6 Å². The van der Waals surface area contributed by atoms with Gasteiger partial charge in [-0.3, -0.25) is 48.5 Å². The van der Waals surface area contributed by atoms with Crippen molar-refractivity contribution in [2.75, 3.05) is 0 Å². The molecule has 0 radical (unpaired) electrons. The van der Waals surface area contributed by atoms with Crippen molar-refractivity contribution in [2.45, 2.75) is 112 Å². The Morgan fingerprint density at radius 1 is 0.433 bits per heavy atom. The summed E-state index contributed by atoms with van der Waals surface area (Å²) in [5, 5.41) is 17.0. The second-order valence-electron chi connectivity index (χ2n) is 33.0. The molecule has 3 aliphatic carbocycles. The second kappa shape index (κ2) is 37.7. The van der Waals surface area contributed by atoms with Gasteiger partial charge < -0.3 is 28.2 Å². The molecule has 1 fully saturated rings. The number of aromatic nitrogens is 9. The molecule has 9 aromatic heterocycles. The Bertz CT molecular complexity index is 8150. The first-order chi connectivity index (χ1) is 64.5. The van der Waals surface area contributed by atoms with Crippen LogP contribution in [0.3, 0.4) is 0 Å². The number of aryl methyl sites for hydroxylation is 2. The number of carbonyl (C=O) groups is 6. The van der Waals surface area contributed by atoms with Crippen LogP contribution in [0.1, 0.15) is 165 Å². The molecule has 0 saturated heterocycles. The summed E-state index contributed by atoms with van der Waals surface area (Å²) in [5.74, 6) is -4.48. The third-order valence-electron chi connectivity index (χ3n) is 24.3. The fraction of sp³-hybridized carbons (Fsp3) is 0.160. The number of nitrogens with one attached hydrogen (secondary N) is 2. The Morgan fingerprint density at radius 2 is 0.873 bits per heavy atom. The van der Waals surface area contributed by atoms with E-state index in [4.69, 9.17) is 34.8 Å². The topological polar surface area (TPSA) is 270 Å². The van der Waals surface area contributed by atoms with Crippen molar-refractivity contribution in [3.05, 3.63) is 385 Å². The fourth-order valence-corrected chi connectivity index (χ4v) is 18.6. The van der Waals surface area contributed by atoms with Gasteiger partial charge in [-0.25, -0.2) is 36.9 Å². The largest absolute Gasteiger partial charge is 0.333 e. The van der Waals surface area contributed by atoms with Gasteiger partial charge in [0.05, 0.1) is 87.0 Å². The predicted octanol–water partition coefficient (Wildman–Crippen LogP) is 24.3. The third-order valence-corrected chi connectivity index (χ3v) is 25.3. The summed E-state index contributed by atoms with van der Waals surface area (Å²) in [6.45, 7) is 9.97. The zero-order chi connectivity index (χ0) is 94.5. The first kappa shape index (κ1) is 90.9. The summed E-state index contributed by atoms with van der Waals surface area (Å²) in [6, 6.07) is 52.7. The third kappa shape index (κ3) is 17.6. The van der Waals surface area contributed by atoms with Gasteiger partial charge in [-0.2, -0.15) is 0 Å². The number of nitro benzene ring substituents is 1. The molecule has 0 spiro atoms. The number of hydrogen-bond acceptors (Lipinski definition) is 13. The number of H-pyrrole nitrogens is 2. The predicted molar refractivity (Wildman–Crippen MR) is 514 cm³/mol. The van der Waals surface area contributed by atoms with E-state index in [2.05, 4.69) is 44.0 Å². The molecule has 9 heterocycles. The van der Waals surface area contributed by atoms with Crippen molar-refractivity contribution in [3.8, 4) is 22.3 Å². The number of halogens is 8. The van der Waals surface area contributed by atoms with Gasteiger partial charge in [0.15, 0.2) is 34.7 Å². The van der Waals surface area contributed by atoms with E-state index in [1.54, 1.807) is 77.5 Å². The minimum Gasteiger partial charge on any atom is -0.333 e. The van der Waals surface area contributed by atoms with E-state index in [0.29, 0.717) is 112 Å². The van der Waals surface area contributed by atoms with Crippen molar-refractivity contribution in [1.29, 1.82) is 0 Å². The summed E-state index contributed by atoms with van der Waals surface area (Å²) in [4.78, 5) is 132. The van der Waals surface area contributed by atoms with Crippen molar-refractivity contribution in [2.24, 2.45) is 0 Å². The number of Topliss-reactive ketones (excluding diaryl/α,β-unsaturated/α-hetero) is 6. The van der Waals surface area contributed by atoms with Crippen LogP contribution in [0.25, 0.3) is 110 Å². The molecule has 28 heteroatoms. The Hall–Kier alpha value is -15.1. The van der Waals surface area contributed by atoms with E-state index in [0.717, 1.165) is 92.7 Å². The quantitative estimate of drug-likeness (QED) is 0.0236. The molecule has 0 atom stereocenters. The lowest BCUT2D eigenvalue weighted by atomic mass is 9.92. The summed E-state index contributed by atoms with van der Waals surface area (Å²) in [5.41, 5.74) is 11.6. The van der Waals surface area contributed by atoms with Crippen LogP contribution in [0.2, 0.25) is 15.5 Å². The molecule has 20 rings (SSSR count). The van der Waals surface area contributed by atoms with Gasteiger partial charge in [-0.15, -0.1) is 0 Å². The number of allylic oxidation sites excluding steroid dienone is 8. The SMILES string of the molecule is CC(=O)c1c(-c2ccc[nH]c2=O)c2cc(C3CC3)c(F)cc2n1Cc1cc([N+](=O)[O-])ccc1F.CC(=O)c1c(C2=CC=CCC2=O)c2c(F)cc(F)cc2n1Cc1cc2ccccc2nc1Cl.CCc1cc2c(C3=CC=CCC3=O)c(C(C)=O)n(Cc3cc4ccccc4nc3Cl)c2cc1F.CCc1ccc2c(c1)c(-c1ccc[nH]c1=O)c(C(C)=O)n2Cc1cc2ccccc2nc1Cl. The number of ketones is 6. The maximum Gasteiger partial charge on any atom is 0.269 e. The summed E-state index contributed by atoms with van der Waals surface area (Å²) >= 11 is 19.5. The molecule has 134 heavy (non-hydrogen) atoms. The first-order valence-corrected chi connectivity index (χ1v) is 44.2. The second-order valence-corrected chi connectivity index (χ2v) is 34.0. The van der Waals surface area contributed by atoms with Gasteiger partial charge in [0.2, 0.25) is 0 Å². The van der Waals surface area contributed by atoms with Crippen LogP contribution in [0.4, 0.5) is 27.6 Å². The zero-order valence-electron chi connectivity index (χ0n) is 72.8. The minimum absolute atomic E-state index is 0.0290. The van der Waals surface area contributed by atoms with Gasteiger partial charge in [0.25, 0.3) is 16.8 Å². The molecule has 670 valence electrons. The Kier molecular flexibility index (Phi) is 25.5. The number of para-hydroxylation sites is 3. The molecule has 0 aliphatic heterocycles. The lowest BCUT2D eigenvalue weighted by molar-refractivity contribution is -0.385. The Balaban J connectivity index is 0.000000124. The molecular formula is C106H80Cl3F5N10O10. The molecular weight excluding hydrogens is 1770 g/mol. The summed E-state index contributed by atoms with van der Waals surface area (Å²) < 4.78 is 80.8. The normalized spacial score (nSPS) is 13.0. The van der Waals surface area contributed by atoms with Crippen LogP contribution < -0.4 is 11.1 Å².